The number of fused-ring (bicyclic) bond motifs is 6. The summed E-state index contributed by atoms with van der Waals surface area (Å²) in [7, 11) is 0. The number of hydrogen-bond acceptors (Lipinski definition) is 3. The molecule has 0 fully saturated rings. The highest BCUT2D eigenvalue weighted by Gasteiger charge is 2.40. The fourth-order valence-electron chi connectivity index (χ4n) is 7.93. The Bertz CT molecular complexity index is 2750. The second-order valence-corrected chi connectivity index (χ2v) is 13.5. The molecule has 51 heavy (non-hydrogen) atoms. The van der Waals surface area contributed by atoms with Crippen LogP contribution in [0.5, 0.6) is 0 Å². The Hall–Kier alpha value is -6.58. The van der Waals surface area contributed by atoms with Gasteiger partial charge in [0.15, 0.2) is 5.82 Å². The summed E-state index contributed by atoms with van der Waals surface area (Å²) >= 11 is 0. The van der Waals surface area contributed by atoms with Crippen LogP contribution in [-0.4, -0.2) is 9.97 Å². The highest BCUT2D eigenvalue weighted by Crippen LogP contribution is 2.53. The highest BCUT2D eigenvalue weighted by atomic mass is 16.3. The lowest BCUT2D eigenvalue weighted by molar-refractivity contribution is 0.669. The predicted octanol–water partition coefficient (Wildman–Crippen LogP) is 12.4. The van der Waals surface area contributed by atoms with E-state index in [0.29, 0.717) is 5.82 Å². The minimum atomic E-state index is -0.236. The molecule has 0 N–H and O–H groups in total. The predicted molar refractivity (Wildman–Crippen MR) is 208 cm³/mol. The van der Waals surface area contributed by atoms with E-state index in [9.17, 15) is 0 Å². The highest BCUT2D eigenvalue weighted by molar-refractivity contribution is 6.05. The summed E-state index contributed by atoms with van der Waals surface area (Å²) in [5.41, 5.74) is 15.2. The van der Waals surface area contributed by atoms with Gasteiger partial charge in [-0.3, -0.25) is 0 Å². The lowest BCUT2D eigenvalue weighted by Gasteiger charge is -2.28. The largest absolute Gasteiger partial charge is 0.456 e. The maximum Gasteiger partial charge on any atom is 0.160 e. The lowest BCUT2D eigenvalue weighted by atomic mass is 9.74. The summed E-state index contributed by atoms with van der Waals surface area (Å²) in [5.74, 6) is 0.690. The summed E-state index contributed by atoms with van der Waals surface area (Å²) in [6.45, 7) is 2.36. The summed E-state index contributed by atoms with van der Waals surface area (Å²) < 4.78 is 6.24. The second kappa shape index (κ2) is 11.5. The van der Waals surface area contributed by atoms with Gasteiger partial charge < -0.3 is 4.42 Å². The Morgan fingerprint density at radius 1 is 0.412 bits per heavy atom. The van der Waals surface area contributed by atoms with Crippen molar-refractivity contribution >= 4 is 21.9 Å². The van der Waals surface area contributed by atoms with Crippen LogP contribution in [0.1, 0.15) is 23.6 Å². The number of nitrogens with zero attached hydrogens (tertiary/aromatic N) is 2. The molecule has 3 heteroatoms. The third kappa shape index (κ3) is 4.74. The number of furan rings is 1. The van der Waals surface area contributed by atoms with Crippen molar-refractivity contribution in [2.24, 2.45) is 0 Å². The molecule has 1 aliphatic rings. The van der Waals surface area contributed by atoms with E-state index in [4.69, 9.17) is 14.4 Å². The zero-order chi connectivity index (χ0) is 33.9. The third-order valence-corrected chi connectivity index (χ3v) is 10.6. The van der Waals surface area contributed by atoms with Crippen LogP contribution in [0.15, 0.2) is 180 Å². The van der Waals surface area contributed by atoms with Crippen molar-refractivity contribution in [3.05, 3.63) is 193 Å². The van der Waals surface area contributed by atoms with E-state index in [-0.39, 0.29) is 5.41 Å². The van der Waals surface area contributed by atoms with Crippen LogP contribution >= 0.6 is 0 Å². The molecular formula is C48H32N2O. The fourth-order valence-corrected chi connectivity index (χ4v) is 7.93. The second-order valence-electron chi connectivity index (χ2n) is 13.5. The van der Waals surface area contributed by atoms with Gasteiger partial charge in [0.1, 0.15) is 11.2 Å². The maximum atomic E-state index is 6.24. The third-order valence-electron chi connectivity index (χ3n) is 10.6. The Balaban J connectivity index is 1.05. The molecule has 0 radical (unpaired) electrons. The molecule has 2 aromatic heterocycles. The van der Waals surface area contributed by atoms with E-state index < -0.39 is 0 Å². The van der Waals surface area contributed by atoms with Gasteiger partial charge in [-0.1, -0.05) is 146 Å². The monoisotopic (exact) mass is 652 g/mol. The normalized spacial score (nSPS) is 14.8. The van der Waals surface area contributed by atoms with Gasteiger partial charge in [0.25, 0.3) is 0 Å². The van der Waals surface area contributed by atoms with E-state index in [1.54, 1.807) is 0 Å². The summed E-state index contributed by atoms with van der Waals surface area (Å²) in [4.78, 5) is 10.1. The minimum absolute atomic E-state index is 0.236. The van der Waals surface area contributed by atoms with E-state index in [0.717, 1.165) is 50.0 Å². The quantitative estimate of drug-likeness (QED) is 0.186. The number of rotatable bonds is 5. The van der Waals surface area contributed by atoms with Gasteiger partial charge in [0.2, 0.25) is 0 Å². The average Bonchev–Trinajstić information content (AvgIpc) is 3.71. The van der Waals surface area contributed by atoms with Crippen LogP contribution in [-0.2, 0) is 5.41 Å². The molecule has 2 heterocycles. The Kier molecular flexibility index (Phi) is 6.62. The molecule has 0 amide bonds. The molecule has 3 nitrogen and oxygen atoms in total. The molecule has 1 atom stereocenters. The van der Waals surface area contributed by atoms with Crippen LogP contribution in [0.4, 0.5) is 0 Å². The molecule has 7 aromatic carbocycles. The molecule has 10 rings (SSSR count). The Morgan fingerprint density at radius 3 is 1.84 bits per heavy atom. The fraction of sp³-hybridized carbons (Fsp3) is 0.0417. The van der Waals surface area contributed by atoms with Crippen LogP contribution in [0.2, 0.25) is 0 Å². The number of benzene rings is 7. The van der Waals surface area contributed by atoms with Gasteiger partial charge in [-0.15, -0.1) is 0 Å². The standard InChI is InChI=1S/C48H32N2O/c1-48(36-14-6-3-7-15-36)41-18-10-8-16-37(41)38-26-24-34(28-42(38)48)31-20-22-32(23-21-31)43-30-44(50-47(49-43)33-12-4-2-5-13-33)35-25-27-40-39-17-9-11-19-45(39)51-46(40)29-35/h2-30H,1H3. The first-order chi connectivity index (χ1) is 25.1. The van der Waals surface area contributed by atoms with E-state index >= 15 is 0 Å². The van der Waals surface area contributed by atoms with Crippen molar-refractivity contribution in [2.75, 3.05) is 0 Å². The number of hydrogen-bond donors (Lipinski definition) is 0. The molecule has 0 saturated heterocycles. The van der Waals surface area contributed by atoms with Gasteiger partial charge in [-0.2, -0.15) is 0 Å². The Labute approximate surface area is 296 Å². The summed E-state index contributed by atoms with van der Waals surface area (Å²) in [6.07, 6.45) is 0. The molecule has 0 spiro atoms. The van der Waals surface area contributed by atoms with Gasteiger partial charge in [0, 0.05) is 32.9 Å². The summed E-state index contributed by atoms with van der Waals surface area (Å²) in [6, 6.07) is 62.2. The Morgan fingerprint density at radius 2 is 1.02 bits per heavy atom. The maximum absolute atomic E-state index is 6.24. The molecule has 240 valence electrons. The molecule has 9 aromatic rings. The topological polar surface area (TPSA) is 38.9 Å². The van der Waals surface area contributed by atoms with Crippen LogP contribution in [0.3, 0.4) is 0 Å². The van der Waals surface area contributed by atoms with E-state index in [1.165, 1.54) is 38.9 Å². The first-order valence-electron chi connectivity index (χ1n) is 17.4. The van der Waals surface area contributed by atoms with Gasteiger partial charge >= 0.3 is 0 Å². The van der Waals surface area contributed by atoms with Crippen molar-refractivity contribution < 1.29 is 4.42 Å². The van der Waals surface area contributed by atoms with Gasteiger partial charge in [-0.05, 0) is 76.2 Å². The van der Waals surface area contributed by atoms with E-state index in [1.807, 2.05) is 36.4 Å². The molecule has 1 aliphatic carbocycles. The van der Waals surface area contributed by atoms with Crippen LogP contribution in [0, 0.1) is 0 Å². The average molecular weight is 653 g/mol. The van der Waals surface area contributed by atoms with Crippen molar-refractivity contribution in [1.29, 1.82) is 0 Å². The zero-order valence-corrected chi connectivity index (χ0v) is 28.0. The lowest BCUT2D eigenvalue weighted by Crippen LogP contribution is -2.22. The van der Waals surface area contributed by atoms with Crippen molar-refractivity contribution in [3.63, 3.8) is 0 Å². The molecule has 1 unspecified atom stereocenters. The minimum Gasteiger partial charge on any atom is -0.456 e. The first kappa shape index (κ1) is 29.3. The van der Waals surface area contributed by atoms with Crippen molar-refractivity contribution in [3.8, 4) is 56.2 Å². The number of aromatic nitrogens is 2. The zero-order valence-electron chi connectivity index (χ0n) is 28.0. The van der Waals surface area contributed by atoms with Gasteiger partial charge in [0.05, 0.1) is 11.4 Å². The van der Waals surface area contributed by atoms with Crippen LogP contribution < -0.4 is 0 Å². The van der Waals surface area contributed by atoms with E-state index in [2.05, 4.69) is 146 Å². The smallest absolute Gasteiger partial charge is 0.160 e. The number of para-hydroxylation sites is 1. The van der Waals surface area contributed by atoms with Crippen LogP contribution in [0.25, 0.3) is 78.1 Å². The molecule has 0 aliphatic heterocycles. The SMILES string of the molecule is CC1(c2ccccc2)c2ccccc2-c2ccc(-c3ccc(-c4cc(-c5ccc6c(c5)oc5ccccc56)nc(-c5ccccc5)n4)cc3)cc21. The summed E-state index contributed by atoms with van der Waals surface area (Å²) in [5, 5.41) is 2.21. The van der Waals surface area contributed by atoms with Crippen molar-refractivity contribution in [2.45, 2.75) is 12.3 Å². The molecular weight excluding hydrogens is 621 g/mol. The molecule has 0 bridgehead atoms. The van der Waals surface area contributed by atoms with Gasteiger partial charge in [-0.25, -0.2) is 9.97 Å². The van der Waals surface area contributed by atoms with Crippen molar-refractivity contribution in [1.82, 2.24) is 9.97 Å². The first-order valence-corrected chi connectivity index (χ1v) is 17.4. The molecule has 0 saturated carbocycles.